The zero-order chi connectivity index (χ0) is 15.4. The second-order valence-corrected chi connectivity index (χ2v) is 4.35. The van der Waals surface area contributed by atoms with E-state index in [9.17, 15) is 4.39 Å². The summed E-state index contributed by atoms with van der Waals surface area (Å²) in [5.41, 5.74) is 3.71. The van der Waals surface area contributed by atoms with Crippen molar-refractivity contribution in [2.75, 3.05) is 6.61 Å². The summed E-state index contributed by atoms with van der Waals surface area (Å²) in [7, 11) is 0. The van der Waals surface area contributed by atoms with E-state index in [0.29, 0.717) is 23.6 Å². The number of aromatic nitrogens is 3. The van der Waals surface area contributed by atoms with Crippen LogP contribution in [0.25, 0.3) is 17.2 Å². The van der Waals surface area contributed by atoms with Crippen molar-refractivity contribution in [3.8, 4) is 11.6 Å². The fourth-order valence-electron chi connectivity index (χ4n) is 1.86. The summed E-state index contributed by atoms with van der Waals surface area (Å²) >= 11 is 0. The third kappa shape index (κ3) is 3.02. The van der Waals surface area contributed by atoms with Gasteiger partial charge in [-0.2, -0.15) is 4.98 Å². The summed E-state index contributed by atoms with van der Waals surface area (Å²) < 4.78 is 24.2. The van der Waals surface area contributed by atoms with Crippen LogP contribution in [0.3, 0.4) is 0 Å². The molecular formula is C16H12FN3O2. The van der Waals surface area contributed by atoms with Crippen molar-refractivity contribution in [3.05, 3.63) is 65.8 Å². The van der Waals surface area contributed by atoms with Crippen LogP contribution < -0.4 is 0 Å². The Balaban J connectivity index is 1.96. The van der Waals surface area contributed by atoms with Crippen LogP contribution in [0.15, 0.2) is 64.5 Å². The van der Waals surface area contributed by atoms with Crippen molar-refractivity contribution < 1.29 is 13.7 Å². The lowest BCUT2D eigenvalue weighted by molar-refractivity contribution is 0.243. The first-order valence-electron chi connectivity index (χ1n) is 6.70. The molecule has 1 aliphatic rings. The van der Waals surface area contributed by atoms with Crippen LogP contribution in [0.4, 0.5) is 4.39 Å². The van der Waals surface area contributed by atoms with Crippen molar-refractivity contribution in [1.29, 1.82) is 0 Å². The summed E-state index contributed by atoms with van der Waals surface area (Å²) in [6, 6.07) is 5.36. The van der Waals surface area contributed by atoms with Gasteiger partial charge in [0.05, 0.1) is 6.61 Å². The Hall–Kier alpha value is -2.98. The lowest BCUT2D eigenvalue weighted by atomic mass is 10.2. The molecule has 0 aromatic carbocycles. The standard InChI is InChI=1S/C16H12FN3O2/c1-2-21-13-7-6-12(17)9-11(10-13)15-19-16(22-20-15)14-5-3-4-8-18-14/h3-6,8-10H,2H2,1H3. The zero-order valence-corrected chi connectivity index (χ0v) is 11.8. The minimum atomic E-state index is -0.467. The van der Waals surface area contributed by atoms with Gasteiger partial charge in [-0.05, 0) is 31.2 Å². The van der Waals surface area contributed by atoms with Crippen LogP contribution in [-0.4, -0.2) is 21.7 Å². The fraction of sp³-hybridized carbons (Fsp3) is 0.125. The monoisotopic (exact) mass is 297 g/mol. The molecule has 0 amide bonds. The first-order valence-corrected chi connectivity index (χ1v) is 6.70. The summed E-state index contributed by atoms with van der Waals surface area (Å²) in [5.74, 6) is 0.463. The highest BCUT2D eigenvalue weighted by Gasteiger charge is 2.14. The van der Waals surface area contributed by atoms with Crippen molar-refractivity contribution in [3.63, 3.8) is 0 Å². The molecule has 2 aromatic heterocycles. The maximum Gasteiger partial charge on any atom is 0.276 e. The van der Waals surface area contributed by atoms with Gasteiger partial charge in [-0.15, -0.1) is 0 Å². The highest BCUT2D eigenvalue weighted by Crippen LogP contribution is 2.23. The molecule has 22 heavy (non-hydrogen) atoms. The molecule has 0 unspecified atom stereocenters. The second kappa shape index (κ2) is 6.20. The molecule has 6 heteroatoms. The minimum absolute atomic E-state index is 0.255. The number of nitrogens with zero attached hydrogens (tertiary/aromatic N) is 3. The second-order valence-electron chi connectivity index (χ2n) is 4.35. The van der Waals surface area contributed by atoms with Crippen LogP contribution in [0.5, 0.6) is 0 Å². The normalized spacial score (nSPS) is 14.0. The molecular weight excluding hydrogens is 285 g/mol. The zero-order valence-electron chi connectivity index (χ0n) is 11.8. The lowest BCUT2D eigenvalue weighted by Crippen LogP contribution is -1.90. The first kappa shape index (κ1) is 14.0. The van der Waals surface area contributed by atoms with Crippen LogP contribution in [0.2, 0.25) is 0 Å². The first-order chi connectivity index (χ1) is 10.8. The van der Waals surface area contributed by atoms with Crippen molar-refractivity contribution in [2.24, 2.45) is 0 Å². The number of allylic oxidation sites excluding steroid dienone is 4. The van der Waals surface area contributed by atoms with Gasteiger partial charge in [0, 0.05) is 17.8 Å². The molecule has 0 saturated carbocycles. The Morgan fingerprint density at radius 1 is 1.32 bits per heavy atom. The topological polar surface area (TPSA) is 61.0 Å². The average Bonchev–Trinajstić information content (AvgIpc) is 2.95. The van der Waals surface area contributed by atoms with Crippen LogP contribution in [0.1, 0.15) is 12.7 Å². The average molecular weight is 297 g/mol. The Morgan fingerprint density at radius 3 is 3.00 bits per heavy atom. The number of halogens is 1. The van der Waals surface area contributed by atoms with E-state index in [-0.39, 0.29) is 11.7 Å². The molecule has 0 aliphatic heterocycles. The quantitative estimate of drug-likeness (QED) is 0.809. The number of rotatable bonds is 4. The van der Waals surface area contributed by atoms with Gasteiger partial charge in [0.2, 0.25) is 5.82 Å². The van der Waals surface area contributed by atoms with Crippen molar-refractivity contribution >= 4 is 5.57 Å². The van der Waals surface area contributed by atoms with Gasteiger partial charge in [0.1, 0.15) is 11.5 Å². The number of pyridine rings is 1. The maximum atomic E-state index is 13.7. The van der Waals surface area contributed by atoms with E-state index >= 15 is 0 Å². The van der Waals surface area contributed by atoms with Gasteiger partial charge in [0.25, 0.3) is 5.89 Å². The van der Waals surface area contributed by atoms with E-state index in [0.717, 1.165) is 0 Å². The van der Waals surface area contributed by atoms with Crippen molar-refractivity contribution in [2.45, 2.75) is 6.92 Å². The van der Waals surface area contributed by atoms with Gasteiger partial charge in [-0.1, -0.05) is 17.0 Å². The smallest absolute Gasteiger partial charge is 0.276 e. The van der Waals surface area contributed by atoms with Crippen LogP contribution >= 0.6 is 0 Å². The predicted molar refractivity (Wildman–Crippen MR) is 77.9 cm³/mol. The van der Waals surface area contributed by atoms with E-state index in [4.69, 9.17) is 9.26 Å². The molecule has 3 rings (SSSR count). The molecule has 0 radical (unpaired) electrons. The summed E-state index contributed by atoms with van der Waals surface area (Å²) in [5, 5.41) is 3.87. The van der Waals surface area contributed by atoms with E-state index < -0.39 is 5.83 Å². The van der Waals surface area contributed by atoms with Gasteiger partial charge >= 0.3 is 0 Å². The lowest BCUT2D eigenvalue weighted by Gasteiger charge is -2.00. The van der Waals surface area contributed by atoms with E-state index in [1.165, 1.54) is 12.2 Å². The van der Waals surface area contributed by atoms with Gasteiger partial charge in [-0.3, -0.25) is 4.98 Å². The minimum Gasteiger partial charge on any atom is -0.486 e. The van der Waals surface area contributed by atoms with Gasteiger partial charge < -0.3 is 9.26 Å². The third-order valence-corrected chi connectivity index (χ3v) is 2.80. The third-order valence-electron chi connectivity index (χ3n) is 2.80. The Bertz CT molecular complexity index is 800. The molecule has 2 heterocycles. The fourth-order valence-corrected chi connectivity index (χ4v) is 1.86. The molecule has 1 aliphatic carbocycles. The molecule has 0 bridgehead atoms. The summed E-state index contributed by atoms with van der Waals surface area (Å²) in [4.78, 5) is 8.38. The highest BCUT2D eigenvalue weighted by atomic mass is 19.1. The van der Waals surface area contributed by atoms with Crippen LogP contribution in [-0.2, 0) is 4.74 Å². The number of hydrogen-bond donors (Lipinski definition) is 0. The number of ether oxygens (including phenoxy) is 1. The molecule has 0 spiro atoms. The van der Waals surface area contributed by atoms with Gasteiger partial charge in [-0.25, -0.2) is 4.39 Å². The summed E-state index contributed by atoms with van der Waals surface area (Å²) in [6.07, 6.45) is 5.74. The van der Waals surface area contributed by atoms with E-state index in [1.54, 1.807) is 24.4 Å². The number of hydrogen-bond acceptors (Lipinski definition) is 5. The van der Waals surface area contributed by atoms with Gasteiger partial charge in [0.15, 0.2) is 5.76 Å². The van der Waals surface area contributed by atoms with Crippen molar-refractivity contribution in [1.82, 2.24) is 15.1 Å². The van der Waals surface area contributed by atoms with E-state index in [1.807, 2.05) is 13.0 Å². The molecule has 0 N–H and O–H groups in total. The SMILES string of the molecule is CCOC1=C=CC(F)=CC(c2noc(-c3ccccn3)n2)=C1. The highest BCUT2D eigenvalue weighted by molar-refractivity contribution is 5.73. The Morgan fingerprint density at radius 2 is 2.23 bits per heavy atom. The molecule has 0 atom stereocenters. The molecule has 0 fully saturated rings. The Labute approximate surface area is 126 Å². The molecule has 2 aromatic rings. The van der Waals surface area contributed by atoms with Crippen LogP contribution in [0, 0.1) is 0 Å². The molecule has 110 valence electrons. The largest absolute Gasteiger partial charge is 0.486 e. The Kier molecular flexibility index (Phi) is 3.94. The van der Waals surface area contributed by atoms with E-state index in [2.05, 4.69) is 20.9 Å². The predicted octanol–water partition coefficient (Wildman–Crippen LogP) is 3.46. The molecule has 0 saturated heterocycles. The molecule has 5 nitrogen and oxygen atoms in total. The summed E-state index contributed by atoms with van der Waals surface area (Å²) in [6.45, 7) is 2.29. The maximum absolute atomic E-state index is 13.7.